The molecule has 0 aromatic heterocycles. The number of amides is 1. The molecule has 0 spiro atoms. The van der Waals surface area contributed by atoms with Crippen LogP contribution in [0.2, 0.25) is 0 Å². The van der Waals surface area contributed by atoms with Gasteiger partial charge < -0.3 is 9.64 Å². The Labute approximate surface area is 127 Å². The molecular weight excluding hydrogens is 264 g/mol. The van der Waals surface area contributed by atoms with Gasteiger partial charge in [0.25, 0.3) is 0 Å². The Morgan fingerprint density at radius 3 is 2.43 bits per heavy atom. The van der Waals surface area contributed by atoms with E-state index < -0.39 is 0 Å². The molecule has 1 amide bonds. The maximum atomic E-state index is 12.5. The molecule has 1 aromatic rings. The molecule has 1 aliphatic rings. The Morgan fingerprint density at radius 1 is 1.24 bits per heavy atom. The summed E-state index contributed by atoms with van der Waals surface area (Å²) in [5, 5.41) is 3.46. The van der Waals surface area contributed by atoms with Crippen LogP contribution >= 0.6 is 0 Å². The Morgan fingerprint density at radius 2 is 1.90 bits per heavy atom. The van der Waals surface area contributed by atoms with Gasteiger partial charge in [-0.05, 0) is 44.4 Å². The van der Waals surface area contributed by atoms with Crippen molar-refractivity contribution in [2.45, 2.75) is 58.8 Å². The number of carbonyl (C=O) groups excluding carboxylic acids is 1. The smallest absolute Gasteiger partial charge is 0.241 e. The Bertz CT molecular complexity index is 472. The van der Waals surface area contributed by atoms with E-state index in [1.165, 1.54) is 0 Å². The van der Waals surface area contributed by atoms with Crippen LogP contribution in [-0.4, -0.2) is 29.5 Å². The molecule has 3 atom stereocenters. The molecule has 4 heteroatoms. The first kappa shape index (κ1) is 15.8. The van der Waals surface area contributed by atoms with Gasteiger partial charge in [-0.15, -0.1) is 0 Å². The van der Waals surface area contributed by atoms with Crippen LogP contribution in [0.3, 0.4) is 0 Å². The molecular formula is C17H26N2O2. The summed E-state index contributed by atoms with van der Waals surface area (Å²) in [5.41, 5.74) is 1.11. The second kappa shape index (κ2) is 6.94. The van der Waals surface area contributed by atoms with E-state index in [0.29, 0.717) is 6.61 Å². The zero-order valence-corrected chi connectivity index (χ0v) is 13.4. The molecule has 0 bridgehead atoms. The zero-order chi connectivity index (χ0) is 15.4. The zero-order valence-electron chi connectivity index (χ0n) is 13.4. The van der Waals surface area contributed by atoms with Gasteiger partial charge in [-0.3, -0.25) is 10.1 Å². The first-order valence-corrected chi connectivity index (χ1v) is 7.93. The van der Waals surface area contributed by atoms with Crippen molar-refractivity contribution in [3.63, 3.8) is 0 Å². The minimum atomic E-state index is -0.0735. The highest BCUT2D eigenvalue weighted by molar-refractivity contribution is 5.84. The number of hydrogen-bond acceptors (Lipinski definition) is 3. The van der Waals surface area contributed by atoms with Crippen LogP contribution in [-0.2, 0) is 4.79 Å². The number of nitrogens with one attached hydrogen (secondary N) is 1. The van der Waals surface area contributed by atoms with Gasteiger partial charge in [0.05, 0.1) is 12.6 Å². The van der Waals surface area contributed by atoms with Crippen molar-refractivity contribution in [3.05, 3.63) is 29.8 Å². The fourth-order valence-electron chi connectivity index (χ4n) is 2.78. The summed E-state index contributed by atoms with van der Waals surface area (Å²) >= 11 is 0. The number of hydrogen-bond donors (Lipinski definition) is 1. The van der Waals surface area contributed by atoms with Gasteiger partial charge in [-0.2, -0.15) is 0 Å². The number of carbonyl (C=O) groups is 1. The van der Waals surface area contributed by atoms with Gasteiger partial charge in [0, 0.05) is 6.04 Å². The second-order valence-corrected chi connectivity index (χ2v) is 5.53. The lowest BCUT2D eigenvalue weighted by atomic mass is 10.1. The summed E-state index contributed by atoms with van der Waals surface area (Å²) in [6.07, 6.45) is 1.74. The summed E-state index contributed by atoms with van der Waals surface area (Å²) < 4.78 is 5.48. The molecule has 1 aliphatic heterocycles. The van der Waals surface area contributed by atoms with Gasteiger partial charge in [0.2, 0.25) is 5.91 Å². The third-order valence-corrected chi connectivity index (χ3v) is 4.17. The normalized spacial score (nSPS) is 23.4. The molecule has 0 aliphatic carbocycles. The van der Waals surface area contributed by atoms with E-state index in [-0.39, 0.29) is 24.2 Å². The summed E-state index contributed by atoms with van der Waals surface area (Å²) in [5.74, 6) is 1.08. The molecule has 21 heavy (non-hydrogen) atoms. The average Bonchev–Trinajstić information content (AvgIpc) is 2.84. The van der Waals surface area contributed by atoms with E-state index in [0.717, 1.165) is 24.2 Å². The molecule has 3 unspecified atom stereocenters. The molecule has 1 heterocycles. The molecule has 0 saturated carbocycles. The molecule has 1 N–H and O–H groups in total. The van der Waals surface area contributed by atoms with Gasteiger partial charge in [-0.25, -0.2) is 0 Å². The standard InChI is InChI=1S/C17H26N2O2/c1-5-12(4)19-16(18-15(6-2)17(19)20)13-8-10-14(11-9-13)21-7-3/h8-12,15-16,18H,5-7H2,1-4H3. The van der Waals surface area contributed by atoms with Crippen molar-refractivity contribution < 1.29 is 9.53 Å². The van der Waals surface area contributed by atoms with E-state index in [1.54, 1.807) is 0 Å². The van der Waals surface area contributed by atoms with Crippen molar-refractivity contribution in [1.82, 2.24) is 10.2 Å². The number of ether oxygens (including phenoxy) is 1. The molecule has 0 radical (unpaired) electrons. The summed E-state index contributed by atoms with van der Waals surface area (Å²) in [4.78, 5) is 14.5. The number of nitrogens with zero attached hydrogens (tertiary/aromatic N) is 1. The molecule has 1 fully saturated rings. The molecule has 2 rings (SSSR count). The van der Waals surface area contributed by atoms with Crippen LogP contribution in [0.15, 0.2) is 24.3 Å². The highest BCUT2D eigenvalue weighted by Gasteiger charge is 2.40. The minimum Gasteiger partial charge on any atom is -0.494 e. The fraction of sp³-hybridized carbons (Fsp3) is 0.588. The Hall–Kier alpha value is -1.55. The lowest BCUT2D eigenvalue weighted by molar-refractivity contribution is -0.132. The van der Waals surface area contributed by atoms with Crippen LogP contribution in [0.1, 0.15) is 52.3 Å². The third-order valence-electron chi connectivity index (χ3n) is 4.17. The average molecular weight is 290 g/mol. The van der Waals surface area contributed by atoms with Crippen LogP contribution < -0.4 is 10.1 Å². The monoisotopic (exact) mass is 290 g/mol. The largest absolute Gasteiger partial charge is 0.494 e. The van der Waals surface area contributed by atoms with Gasteiger partial charge in [0.15, 0.2) is 0 Å². The van der Waals surface area contributed by atoms with Crippen molar-refractivity contribution in [2.75, 3.05) is 6.61 Å². The number of benzene rings is 1. The molecule has 1 saturated heterocycles. The third kappa shape index (κ3) is 3.21. The predicted octanol–water partition coefficient (Wildman–Crippen LogP) is 3.09. The maximum absolute atomic E-state index is 12.5. The maximum Gasteiger partial charge on any atom is 0.241 e. The minimum absolute atomic E-state index is 0.0342. The predicted molar refractivity (Wildman–Crippen MR) is 84.2 cm³/mol. The van der Waals surface area contributed by atoms with Crippen LogP contribution in [0.5, 0.6) is 5.75 Å². The van der Waals surface area contributed by atoms with E-state index in [4.69, 9.17) is 4.74 Å². The van der Waals surface area contributed by atoms with Gasteiger partial charge in [0.1, 0.15) is 11.9 Å². The first-order chi connectivity index (χ1) is 10.1. The highest BCUT2D eigenvalue weighted by Crippen LogP contribution is 2.30. The SMILES string of the molecule is CCOc1ccc(C2NC(CC)C(=O)N2C(C)CC)cc1. The first-order valence-electron chi connectivity index (χ1n) is 7.93. The highest BCUT2D eigenvalue weighted by atomic mass is 16.5. The number of rotatable bonds is 6. The lowest BCUT2D eigenvalue weighted by Crippen LogP contribution is -2.38. The van der Waals surface area contributed by atoms with E-state index in [1.807, 2.05) is 43.0 Å². The van der Waals surface area contributed by atoms with Crippen LogP contribution in [0.4, 0.5) is 0 Å². The summed E-state index contributed by atoms with van der Waals surface area (Å²) in [6, 6.07) is 8.19. The second-order valence-electron chi connectivity index (χ2n) is 5.53. The van der Waals surface area contributed by atoms with Gasteiger partial charge in [-0.1, -0.05) is 26.0 Å². The topological polar surface area (TPSA) is 41.6 Å². The van der Waals surface area contributed by atoms with Crippen LogP contribution in [0, 0.1) is 0 Å². The lowest BCUT2D eigenvalue weighted by Gasteiger charge is -2.30. The van der Waals surface area contributed by atoms with Crippen molar-refractivity contribution in [2.24, 2.45) is 0 Å². The van der Waals surface area contributed by atoms with E-state index >= 15 is 0 Å². The Balaban J connectivity index is 2.24. The van der Waals surface area contributed by atoms with Crippen molar-refractivity contribution in [1.29, 1.82) is 0 Å². The molecule has 116 valence electrons. The van der Waals surface area contributed by atoms with Crippen molar-refractivity contribution >= 4 is 5.91 Å². The molecule has 1 aromatic carbocycles. The summed E-state index contributed by atoms with van der Waals surface area (Å²) in [7, 11) is 0. The van der Waals surface area contributed by atoms with E-state index in [9.17, 15) is 4.79 Å². The van der Waals surface area contributed by atoms with E-state index in [2.05, 4.69) is 19.2 Å². The van der Waals surface area contributed by atoms with Gasteiger partial charge >= 0.3 is 0 Å². The quantitative estimate of drug-likeness (QED) is 0.875. The van der Waals surface area contributed by atoms with Crippen molar-refractivity contribution in [3.8, 4) is 5.75 Å². The summed E-state index contributed by atoms with van der Waals surface area (Å²) in [6.45, 7) is 8.91. The fourth-order valence-corrected chi connectivity index (χ4v) is 2.78. The van der Waals surface area contributed by atoms with Crippen LogP contribution in [0.25, 0.3) is 0 Å². The molecule has 4 nitrogen and oxygen atoms in total. The Kier molecular flexibility index (Phi) is 5.23.